The van der Waals surface area contributed by atoms with Gasteiger partial charge in [-0.05, 0) is 77.8 Å². The molecule has 0 N–H and O–H groups in total. The summed E-state index contributed by atoms with van der Waals surface area (Å²) in [6.45, 7) is 0. The summed E-state index contributed by atoms with van der Waals surface area (Å²) in [5.74, 6) is -1.21. The molecule has 107 heavy (non-hydrogen) atoms. The predicted molar refractivity (Wildman–Crippen MR) is 446 cm³/mol. The zero-order valence-electron chi connectivity index (χ0n) is 77.6. The summed E-state index contributed by atoms with van der Waals surface area (Å²) in [5, 5.41) is 8.48. The fourth-order valence-electron chi connectivity index (χ4n) is 14.9. The van der Waals surface area contributed by atoms with E-state index >= 15 is 0 Å². The Morgan fingerprint density at radius 3 is 0.804 bits per heavy atom. The quantitative estimate of drug-likeness (QED) is 0.0796. The average molecular weight is 1420 g/mol. The fourth-order valence-corrected chi connectivity index (χ4v) is 23.9. The van der Waals surface area contributed by atoms with Gasteiger partial charge in [-0.2, -0.15) is 24.9 Å². The van der Waals surface area contributed by atoms with E-state index in [1.165, 1.54) is 4.57 Å². The summed E-state index contributed by atoms with van der Waals surface area (Å²) < 4.78 is 197. The number of benzene rings is 15. The first kappa shape index (κ1) is 45.3. The number of fused-ring (bicyclic) bond motifs is 9. The lowest BCUT2D eigenvalue weighted by Crippen LogP contribution is -2.74. The zero-order chi connectivity index (χ0) is 89.4. The Kier molecular flexibility index (Phi) is 11.6. The molecule has 0 fully saturated rings. The second-order valence-electron chi connectivity index (χ2n) is 25.3. The molecule has 15 aromatic carbocycles. The molecule has 0 radical (unpaired) electrons. The lowest BCUT2D eigenvalue weighted by Gasteiger charge is -2.34. The molecule has 0 spiro atoms. The van der Waals surface area contributed by atoms with Gasteiger partial charge in [-0.25, -0.2) is 4.98 Å². The van der Waals surface area contributed by atoms with E-state index in [-0.39, 0.29) is 108 Å². The third kappa shape index (κ3) is 11.1. The normalized spacial score (nSPS) is 14.5. The maximum atomic E-state index is 10.4. The van der Waals surface area contributed by atoms with Crippen molar-refractivity contribution in [3.63, 3.8) is 0 Å². The highest BCUT2D eigenvalue weighted by atomic mass is 28.3. The molecule has 0 bridgehead atoms. The molecule has 20 aromatic rings. The molecule has 504 valence electrons. The summed E-state index contributed by atoms with van der Waals surface area (Å²) in [6, 6.07) is 77.5. The van der Waals surface area contributed by atoms with Gasteiger partial charge in [0, 0.05) is 49.0 Å². The molecule has 0 amide bonds. The van der Waals surface area contributed by atoms with Gasteiger partial charge in [-0.1, -0.05) is 370 Å². The molecule has 0 aliphatic rings. The van der Waals surface area contributed by atoms with Gasteiger partial charge in [0.15, 0.2) is 33.6 Å². The van der Waals surface area contributed by atoms with Crippen LogP contribution in [0.1, 0.15) is 28.8 Å². The zero-order valence-corrected chi connectivity index (χ0v) is 58.6. The van der Waals surface area contributed by atoms with E-state index in [4.69, 9.17) is 45.0 Å². The molecule has 0 saturated carbocycles. The van der Waals surface area contributed by atoms with Crippen molar-refractivity contribution < 1.29 is 28.8 Å². The number of para-hydroxylation sites is 6. The van der Waals surface area contributed by atoms with Crippen LogP contribution in [0, 0.1) is 0 Å². The number of hydrogen-bond acceptors (Lipinski definition) is 6. The smallest absolute Gasteiger partial charge is 0.240 e. The third-order valence-electron chi connectivity index (χ3n) is 19.4. The van der Waals surface area contributed by atoms with Gasteiger partial charge in [0.05, 0.1) is 61.9 Å². The average Bonchev–Trinajstić information content (AvgIpc) is 0.970. The van der Waals surface area contributed by atoms with Gasteiger partial charge in [-0.15, -0.1) is 0 Å². The summed E-state index contributed by atoms with van der Waals surface area (Å²) >= 11 is 0. The van der Waals surface area contributed by atoms with Gasteiger partial charge in [0.2, 0.25) is 17.8 Å². The summed E-state index contributed by atoms with van der Waals surface area (Å²) in [7, 11) is -7.41. The van der Waals surface area contributed by atoms with Crippen LogP contribution in [0.15, 0.2) is 406 Å². The van der Waals surface area contributed by atoms with Crippen LogP contribution >= 0.6 is 0 Å². The lowest BCUT2D eigenvalue weighted by molar-refractivity contribution is 0.893. The van der Waals surface area contributed by atoms with E-state index in [1.807, 2.05) is 279 Å². The first-order chi connectivity index (χ1) is 61.8. The number of rotatable bonds is 14. The second kappa shape index (κ2) is 27.4. The minimum atomic E-state index is -3.77. The molecule has 0 unspecified atom stereocenters. The summed E-state index contributed by atoms with van der Waals surface area (Å²) in [4.78, 5) is 29.5. The standard InChI is InChI=1S/C51H35N5Si.C45H32N4Si/c1-4-20-37(21-5-1)57(38-22-6-2-7-23-38,39-24-8-3-9-25-39)40-26-18-19-36(35-40)49-52-50(55-45-31-14-10-27-41(45)42-28-11-15-32-46(42)55)54-51(53-49)56-47-33-16-12-29-43(47)44-30-13-17-34-48(44)56;1-5-18-33(19-6-1)43-46-44(48-45(47-43)49-41-30-15-13-28-39(41)40-29-14-16-31-42(40)49)34-20-17-27-38(32-34)50(35-21-7-2-8-22-35,36-23-9-3-10-24-36)37-25-11-4-12-26-37/h1-35H;1-32H/i10D,11D,14D,15D,18D,19D,26D,27D,28D,31D,32D,35D;1D,5D,6D,17D,18D,19D,20D,27D,32D. The molecule has 5 aromatic heterocycles. The van der Waals surface area contributed by atoms with Crippen LogP contribution in [0.25, 0.3) is 117 Å². The van der Waals surface area contributed by atoms with E-state index in [0.717, 1.165) is 52.7 Å². The van der Waals surface area contributed by atoms with Crippen molar-refractivity contribution in [2.45, 2.75) is 0 Å². The summed E-state index contributed by atoms with van der Waals surface area (Å²) in [5.41, 5.74) is 1.58. The molecular weight excluding hydrogens is 1340 g/mol. The Morgan fingerprint density at radius 2 is 0.458 bits per heavy atom. The van der Waals surface area contributed by atoms with Gasteiger partial charge in [0.1, 0.15) is 0 Å². The number of nitrogens with zero attached hydrogens (tertiary/aromatic N) is 9. The van der Waals surface area contributed by atoms with Crippen molar-refractivity contribution in [3.8, 4) is 52.0 Å². The molecule has 9 nitrogen and oxygen atoms in total. The van der Waals surface area contributed by atoms with E-state index in [0.29, 0.717) is 22.1 Å². The van der Waals surface area contributed by atoms with E-state index in [9.17, 15) is 13.7 Å². The van der Waals surface area contributed by atoms with Crippen molar-refractivity contribution >= 4 is 123 Å². The van der Waals surface area contributed by atoms with Crippen molar-refractivity contribution in [3.05, 3.63) is 406 Å². The lowest BCUT2D eigenvalue weighted by atomic mass is 10.2. The topological polar surface area (TPSA) is 92.1 Å². The van der Waals surface area contributed by atoms with Crippen LogP contribution in [-0.4, -0.2) is 59.8 Å². The first-order valence-electron chi connectivity index (χ1n) is 45.0. The van der Waals surface area contributed by atoms with Crippen LogP contribution in [0.2, 0.25) is 0 Å². The van der Waals surface area contributed by atoms with E-state index < -0.39 is 119 Å². The minimum absolute atomic E-state index is 0.00808. The van der Waals surface area contributed by atoms with Crippen LogP contribution in [0.5, 0.6) is 0 Å². The predicted octanol–water partition coefficient (Wildman–Crippen LogP) is 16.8. The van der Waals surface area contributed by atoms with Gasteiger partial charge in [-0.3, -0.25) is 13.7 Å². The first-order valence-corrected chi connectivity index (χ1v) is 38.5. The van der Waals surface area contributed by atoms with Crippen molar-refractivity contribution in [1.82, 2.24) is 43.6 Å². The Balaban J connectivity index is 0.000000169. The number of aromatic nitrogens is 9. The van der Waals surface area contributed by atoms with Gasteiger partial charge in [0.25, 0.3) is 0 Å². The fraction of sp³-hybridized carbons (Fsp3) is 0. The van der Waals surface area contributed by atoms with Crippen LogP contribution in [0.4, 0.5) is 0 Å². The highest BCUT2D eigenvalue weighted by Crippen LogP contribution is 2.36. The van der Waals surface area contributed by atoms with Gasteiger partial charge < -0.3 is 0 Å². The Morgan fingerprint density at radius 1 is 0.196 bits per heavy atom. The largest absolute Gasteiger partial charge is 0.278 e. The highest BCUT2D eigenvalue weighted by Gasteiger charge is 2.43. The maximum absolute atomic E-state index is 10.4. The van der Waals surface area contributed by atoms with E-state index in [1.54, 1.807) is 9.13 Å². The van der Waals surface area contributed by atoms with Crippen molar-refractivity contribution in [2.24, 2.45) is 0 Å². The molecule has 5 heterocycles. The molecule has 11 heteroatoms. The van der Waals surface area contributed by atoms with Crippen LogP contribution in [-0.2, 0) is 0 Å². The Hall–Kier alpha value is -13.8. The molecule has 0 saturated heterocycles. The van der Waals surface area contributed by atoms with Gasteiger partial charge >= 0.3 is 0 Å². The number of hydrogen-bond donors (Lipinski definition) is 0. The molecule has 0 aliphatic heterocycles. The molecular formula is C96H67N9Si2. The Bertz CT molecular complexity index is 7570. The minimum Gasteiger partial charge on any atom is -0.278 e. The molecule has 0 aliphatic carbocycles. The molecule has 20 rings (SSSR count). The van der Waals surface area contributed by atoms with Crippen LogP contribution < -0.4 is 41.5 Å². The van der Waals surface area contributed by atoms with E-state index in [2.05, 4.69) is 0 Å². The SMILES string of the molecule is [2H]c1c([2H])c(-c2nc(-n3c4ccccc4c4ccccc43)nc(-n3c4c([2H])c([2H])c([2H])c([2H])c4c4c([2H])c([2H])c([2H])c([2H])c43)n2)c([2H])c([Si](c2ccccc2)(c2ccccc2)c2ccccc2)c1[2H].[2H]c1c([2H])c([2H])c(-c2nc(-c3c([2H])c([2H])c([2H])c([Si](c4ccccc4)(c4ccccc4)c4ccccc4)c3[2H])nc(-n3c4ccccc4c4ccccc43)n2)c([2H])c1[2H]. The molecule has 0 atom stereocenters. The highest BCUT2D eigenvalue weighted by molar-refractivity contribution is 7.20. The second-order valence-corrected chi connectivity index (χ2v) is 32.7. The summed E-state index contributed by atoms with van der Waals surface area (Å²) in [6.07, 6.45) is 0. The maximum Gasteiger partial charge on any atom is 0.240 e. The Labute approximate surface area is 650 Å². The third-order valence-corrected chi connectivity index (χ3v) is 28.6. The van der Waals surface area contributed by atoms with Crippen molar-refractivity contribution in [2.75, 3.05) is 0 Å². The van der Waals surface area contributed by atoms with Crippen LogP contribution in [0.3, 0.4) is 0 Å². The monoisotopic (exact) mass is 1420 g/mol. The van der Waals surface area contributed by atoms with Crippen molar-refractivity contribution in [1.29, 1.82) is 0 Å².